The third-order valence-electron chi connectivity index (χ3n) is 7.72. The minimum absolute atomic E-state index is 0.0191. The highest BCUT2D eigenvalue weighted by atomic mass is 16.2. The van der Waals surface area contributed by atoms with E-state index in [2.05, 4.69) is 33.8 Å². The molecule has 0 bridgehead atoms. The van der Waals surface area contributed by atoms with Crippen molar-refractivity contribution in [2.75, 3.05) is 5.32 Å². The van der Waals surface area contributed by atoms with Crippen LogP contribution in [0.1, 0.15) is 53.2 Å². The molecule has 2 aromatic carbocycles. The van der Waals surface area contributed by atoms with Gasteiger partial charge in [0.1, 0.15) is 0 Å². The standard InChI is InChI=1S/C30H28N6O2/c1-35-16-23(30(38)31-25-8-4-6-18-5-2-3-7-21(18)25)22-15-20(11-13-26(22)35)24-12-14-28-32-27(17-36(28)34-24)33-29(37)19-9-10-19/h2-3,5,7,11-17,19,25H,4,6,8-10H2,1H3,(H,31,38)(H,33,37)/t25-/m0/s1. The first-order valence-electron chi connectivity index (χ1n) is 13.2. The minimum Gasteiger partial charge on any atom is -0.350 e. The average molecular weight is 505 g/mol. The molecule has 8 nitrogen and oxygen atoms in total. The highest BCUT2D eigenvalue weighted by Gasteiger charge is 2.30. The zero-order valence-electron chi connectivity index (χ0n) is 21.1. The topological polar surface area (TPSA) is 93.3 Å². The van der Waals surface area contributed by atoms with Crippen LogP contribution in [0.4, 0.5) is 5.82 Å². The first-order valence-corrected chi connectivity index (χ1v) is 13.2. The van der Waals surface area contributed by atoms with Crippen LogP contribution in [0.2, 0.25) is 0 Å². The second kappa shape index (κ2) is 8.83. The lowest BCUT2D eigenvalue weighted by Gasteiger charge is -2.26. The van der Waals surface area contributed by atoms with E-state index in [1.807, 2.05) is 54.2 Å². The molecular weight excluding hydrogens is 476 g/mol. The van der Waals surface area contributed by atoms with Crippen LogP contribution in [0.25, 0.3) is 27.8 Å². The van der Waals surface area contributed by atoms with Gasteiger partial charge in [-0.05, 0) is 67.5 Å². The van der Waals surface area contributed by atoms with Crippen molar-refractivity contribution in [2.24, 2.45) is 13.0 Å². The highest BCUT2D eigenvalue weighted by Crippen LogP contribution is 2.32. The number of carbonyl (C=O) groups is 2. The summed E-state index contributed by atoms with van der Waals surface area (Å²) < 4.78 is 3.67. The number of imidazole rings is 1. The maximum Gasteiger partial charge on any atom is 0.253 e. The van der Waals surface area contributed by atoms with Crippen molar-refractivity contribution in [2.45, 2.75) is 38.1 Å². The van der Waals surface area contributed by atoms with Gasteiger partial charge >= 0.3 is 0 Å². The molecule has 0 unspecified atom stereocenters. The Labute approximate surface area is 219 Å². The zero-order valence-corrected chi connectivity index (χ0v) is 21.1. The quantitative estimate of drug-likeness (QED) is 0.351. The Balaban J connectivity index is 1.19. The lowest BCUT2D eigenvalue weighted by atomic mass is 9.87. The summed E-state index contributed by atoms with van der Waals surface area (Å²) in [4.78, 5) is 30.1. The predicted molar refractivity (Wildman–Crippen MR) is 146 cm³/mol. The molecule has 7 rings (SSSR count). The second-order valence-electron chi connectivity index (χ2n) is 10.4. The molecule has 0 saturated heterocycles. The van der Waals surface area contributed by atoms with Crippen molar-refractivity contribution in [1.82, 2.24) is 24.5 Å². The number of nitrogens with zero attached hydrogens (tertiary/aromatic N) is 4. The Hall–Kier alpha value is -4.46. The Bertz CT molecular complexity index is 1730. The lowest BCUT2D eigenvalue weighted by molar-refractivity contribution is -0.117. The van der Waals surface area contributed by atoms with Gasteiger partial charge in [0.2, 0.25) is 5.91 Å². The third-order valence-corrected chi connectivity index (χ3v) is 7.72. The van der Waals surface area contributed by atoms with Crippen LogP contribution in [0, 0.1) is 5.92 Å². The smallest absolute Gasteiger partial charge is 0.253 e. The number of fused-ring (bicyclic) bond motifs is 3. The molecule has 2 aliphatic carbocycles. The fourth-order valence-electron chi connectivity index (χ4n) is 5.54. The Morgan fingerprint density at radius 1 is 1.00 bits per heavy atom. The first kappa shape index (κ1) is 22.7. The highest BCUT2D eigenvalue weighted by molar-refractivity contribution is 6.08. The first-order chi connectivity index (χ1) is 18.5. The molecule has 190 valence electrons. The molecule has 38 heavy (non-hydrogen) atoms. The molecule has 0 spiro atoms. The van der Waals surface area contributed by atoms with Gasteiger partial charge in [-0.2, -0.15) is 5.10 Å². The van der Waals surface area contributed by atoms with E-state index in [-0.39, 0.29) is 23.8 Å². The van der Waals surface area contributed by atoms with Crippen LogP contribution in [-0.2, 0) is 18.3 Å². The van der Waals surface area contributed by atoms with Gasteiger partial charge in [0.05, 0.1) is 23.5 Å². The van der Waals surface area contributed by atoms with Gasteiger partial charge in [-0.25, -0.2) is 9.50 Å². The van der Waals surface area contributed by atoms with Crippen LogP contribution < -0.4 is 10.6 Å². The predicted octanol–water partition coefficient (Wildman–Crippen LogP) is 5.04. The Morgan fingerprint density at radius 3 is 2.74 bits per heavy atom. The van der Waals surface area contributed by atoms with Crippen molar-refractivity contribution in [3.63, 3.8) is 0 Å². The van der Waals surface area contributed by atoms with Gasteiger partial charge in [0, 0.05) is 35.6 Å². The van der Waals surface area contributed by atoms with E-state index in [1.165, 1.54) is 11.1 Å². The van der Waals surface area contributed by atoms with E-state index in [0.29, 0.717) is 17.0 Å². The molecule has 3 aromatic heterocycles. The van der Waals surface area contributed by atoms with Gasteiger partial charge in [-0.1, -0.05) is 30.3 Å². The normalized spacial score (nSPS) is 16.9. The SMILES string of the molecule is Cn1cc(C(=O)N[C@H]2CCCc3ccccc32)c2cc(-c3ccc4nc(NC(=O)C5CC5)cn4n3)ccc21. The molecule has 8 heteroatoms. The van der Waals surface area contributed by atoms with Crippen LogP contribution in [-0.4, -0.2) is 31.0 Å². The largest absolute Gasteiger partial charge is 0.350 e. The summed E-state index contributed by atoms with van der Waals surface area (Å²) in [6, 6.07) is 18.3. The van der Waals surface area contributed by atoms with Gasteiger partial charge < -0.3 is 15.2 Å². The summed E-state index contributed by atoms with van der Waals surface area (Å²) in [5.41, 5.74) is 6.50. The lowest BCUT2D eigenvalue weighted by Crippen LogP contribution is -2.30. The molecule has 0 radical (unpaired) electrons. The number of hydrogen-bond donors (Lipinski definition) is 2. The van der Waals surface area contributed by atoms with Gasteiger partial charge in [-0.3, -0.25) is 9.59 Å². The molecule has 1 fully saturated rings. The number of rotatable bonds is 5. The number of aromatic nitrogens is 4. The van der Waals surface area contributed by atoms with Crippen LogP contribution >= 0.6 is 0 Å². The van der Waals surface area contributed by atoms with Crippen molar-refractivity contribution in [3.8, 4) is 11.3 Å². The number of hydrogen-bond acceptors (Lipinski definition) is 4. The number of anilines is 1. The monoisotopic (exact) mass is 504 g/mol. The zero-order chi connectivity index (χ0) is 25.8. The van der Waals surface area contributed by atoms with Crippen molar-refractivity contribution in [1.29, 1.82) is 0 Å². The van der Waals surface area contributed by atoms with E-state index in [1.54, 1.807) is 10.7 Å². The molecule has 2 N–H and O–H groups in total. The molecule has 1 atom stereocenters. The maximum absolute atomic E-state index is 13.5. The molecule has 5 aromatic rings. The summed E-state index contributed by atoms with van der Waals surface area (Å²) in [6.45, 7) is 0. The van der Waals surface area contributed by atoms with Gasteiger partial charge in [0.15, 0.2) is 11.5 Å². The Kier molecular flexibility index (Phi) is 5.28. The number of carbonyl (C=O) groups excluding carboxylic acids is 2. The van der Waals surface area contributed by atoms with E-state index < -0.39 is 0 Å². The van der Waals surface area contributed by atoms with Crippen LogP contribution in [0.15, 0.2) is 67.0 Å². The fraction of sp³-hybridized carbons (Fsp3) is 0.267. The Morgan fingerprint density at radius 2 is 1.87 bits per heavy atom. The van der Waals surface area contributed by atoms with E-state index in [9.17, 15) is 9.59 Å². The summed E-state index contributed by atoms with van der Waals surface area (Å²) in [5, 5.41) is 11.8. The third kappa shape index (κ3) is 4.02. The number of nitrogens with one attached hydrogen (secondary N) is 2. The number of benzene rings is 2. The molecule has 2 amide bonds. The summed E-state index contributed by atoms with van der Waals surface area (Å²) in [7, 11) is 1.96. The second-order valence-corrected chi connectivity index (χ2v) is 10.4. The van der Waals surface area contributed by atoms with Gasteiger partial charge in [-0.15, -0.1) is 0 Å². The molecule has 0 aliphatic heterocycles. The van der Waals surface area contributed by atoms with Crippen LogP contribution in [0.3, 0.4) is 0 Å². The average Bonchev–Trinajstić information content (AvgIpc) is 3.63. The van der Waals surface area contributed by atoms with Crippen molar-refractivity contribution in [3.05, 3.63) is 83.7 Å². The van der Waals surface area contributed by atoms with E-state index in [4.69, 9.17) is 5.10 Å². The fourth-order valence-corrected chi connectivity index (χ4v) is 5.54. The molecular formula is C30H28N6O2. The number of amides is 2. The molecule has 1 saturated carbocycles. The van der Waals surface area contributed by atoms with Crippen LogP contribution in [0.5, 0.6) is 0 Å². The minimum atomic E-state index is -0.0662. The van der Waals surface area contributed by atoms with Gasteiger partial charge in [0.25, 0.3) is 5.91 Å². The molecule has 2 aliphatic rings. The summed E-state index contributed by atoms with van der Waals surface area (Å²) in [6.07, 6.45) is 8.59. The van der Waals surface area contributed by atoms with E-state index >= 15 is 0 Å². The summed E-state index contributed by atoms with van der Waals surface area (Å²) in [5.74, 6) is 0.572. The van der Waals surface area contributed by atoms with Crippen molar-refractivity contribution >= 4 is 34.2 Å². The molecule has 3 heterocycles. The maximum atomic E-state index is 13.5. The van der Waals surface area contributed by atoms with Crippen molar-refractivity contribution < 1.29 is 9.59 Å². The number of aryl methyl sites for hydroxylation is 2. The van der Waals surface area contributed by atoms with E-state index in [0.717, 1.165) is 54.3 Å². The summed E-state index contributed by atoms with van der Waals surface area (Å²) >= 11 is 0.